The summed E-state index contributed by atoms with van der Waals surface area (Å²) in [7, 11) is 0. The summed E-state index contributed by atoms with van der Waals surface area (Å²) in [5.41, 5.74) is 0.907. The van der Waals surface area contributed by atoms with Crippen LogP contribution in [0, 0.1) is 11.7 Å². The van der Waals surface area contributed by atoms with Gasteiger partial charge in [0.15, 0.2) is 5.82 Å². The maximum atomic E-state index is 13.0. The molecule has 1 saturated carbocycles. The fourth-order valence-corrected chi connectivity index (χ4v) is 5.22. The number of halogens is 1. The molecule has 8 heteroatoms. The van der Waals surface area contributed by atoms with Gasteiger partial charge in [0.2, 0.25) is 11.1 Å². The molecule has 0 spiro atoms. The lowest BCUT2D eigenvalue weighted by Gasteiger charge is -2.44. The maximum Gasteiger partial charge on any atom is 0.233 e. The topological polar surface area (TPSA) is 77.0 Å². The number of nitrogens with zero attached hydrogens (tertiary/aromatic N) is 4. The van der Waals surface area contributed by atoms with E-state index in [0.29, 0.717) is 35.1 Å². The van der Waals surface area contributed by atoms with Gasteiger partial charge < -0.3 is 10.7 Å². The number of fused-ring (bicyclic) bond motifs is 1. The van der Waals surface area contributed by atoms with E-state index in [1.165, 1.54) is 54.3 Å². The van der Waals surface area contributed by atoms with Crippen molar-refractivity contribution in [1.29, 1.82) is 0 Å². The molecule has 2 N–H and O–H groups in total. The first-order chi connectivity index (χ1) is 13.6. The second kappa shape index (κ2) is 8.51. The first-order valence-corrected chi connectivity index (χ1v) is 11.0. The molecule has 1 aliphatic heterocycles. The lowest BCUT2D eigenvalue weighted by Crippen LogP contribution is -2.50. The van der Waals surface area contributed by atoms with Crippen molar-refractivity contribution in [3.05, 3.63) is 41.5 Å². The molecule has 2 heterocycles. The van der Waals surface area contributed by atoms with Gasteiger partial charge in [-0.1, -0.05) is 36.7 Å². The van der Waals surface area contributed by atoms with Gasteiger partial charge in [-0.2, -0.15) is 0 Å². The molecule has 2 fully saturated rings. The Balaban J connectivity index is 1.36. The number of rotatable bonds is 5. The highest BCUT2D eigenvalue weighted by Crippen LogP contribution is 2.35. The molecule has 2 aliphatic rings. The largest absolute Gasteiger partial charge is 0.339 e. The minimum atomic E-state index is -0.273. The molecular formula is C20H26FN5OS. The van der Waals surface area contributed by atoms with Crippen LogP contribution in [0.5, 0.6) is 0 Å². The molecule has 4 rings (SSSR count). The van der Waals surface area contributed by atoms with Crippen molar-refractivity contribution >= 4 is 17.7 Å². The van der Waals surface area contributed by atoms with E-state index in [0.717, 1.165) is 24.9 Å². The quantitative estimate of drug-likeness (QED) is 0.613. The molecule has 1 amide bonds. The van der Waals surface area contributed by atoms with Crippen molar-refractivity contribution in [2.45, 2.75) is 56.1 Å². The normalized spacial score (nSPS) is 22.1. The van der Waals surface area contributed by atoms with Gasteiger partial charge in [-0.05, 0) is 49.3 Å². The van der Waals surface area contributed by atoms with E-state index in [1.54, 1.807) is 12.1 Å². The number of hydrogen-bond acceptors (Lipinski definition) is 5. The van der Waals surface area contributed by atoms with E-state index in [9.17, 15) is 9.18 Å². The molecule has 150 valence electrons. The summed E-state index contributed by atoms with van der Waals surface area (Å²) in [6.45, 7) is 0.867. The number of carbonyl (C=O) groups excluding carboxylic acids is 1. The fraction of sp³-hybridized carbons (Fsp3) is 0.550. The highest BCUT2D eigenvalue weighted by atomic mass is 32.2. The Hall–Kier alpha value is -2.09. The lowest BCUT2D eigenvalue weighted by molar-refractivity contribution is -0.134. The van der Waals surface area contributed by atoms with Crippen LogP contribution < -0.4 is 5.84 Å². The van der Waals surface area contributed by atoms with Crippen LogP contribution in [-0.2, 0) is 11.2 Å². The standard InChI is InChI=1S/C20H26FN5OS/c21-16-9-7-14(8-10-16)12-18-23-24-20(26(18)22)28-13-19(27)25-11-3-5-15-4-1-2-6-17(15)25/h7-10,15,17H,1-6,11-13,22H2/t15-,17+/m1/s1. The van der Waals surface area contributed by atoms with Crippen LogP contribution in [0.4, 0.5) is 4.39 Å². The highest BCUT2D eigenvalue weighted by molar-refractivity contribution is 7.99. The van der Waals surface area contributed by atoms with E-state index >= 15 is 0 Å². The van der Waals surface area contributed by atoms with E-state index < -0.39 is 0 Å². The van der Waals surface area contributed by atoms with E-state index in [-0.39, 0.29) is 11.7 Å². The average molecular weight is 404 g/mol. The number of carbonyl (C=O) groups is 1. The van der Waals surface area contributed by atoms with Gasteiger partial charge in [-0.15, -0.1) is 10.2 Å². The Bertz CT molecular complexity index is 823. The van der Waals surface area contributed by atoms with Crippen molar-refractivity contribution in [3.63, 3.8) is 0 Å². The molecule has 0 radical (unpaired) electrons. The van der Waals surface area contributed by atoms with E-state index in [4.69, 9.17) is 5.84 Å². The Labute approximate surface area is 168 Å². The minimum Gasteiger partial charge on any atom is -0.339 e. The van der Waals surface area contributed by atoms with Crippen LogP contribution >= 0.6 is 11.8 Å². The Kier molecular flexibility index (Phi) is 5.85. The van der Waals surface area contributed by atoms with E-state index in [2.05, 4.69) is 15.1 Å². The minimum absolute atomic E-state index is 0.171. The van der Waals surface area contributed by atoms with Crippen LogP contribution in [0.25, 0.3) is 0 Å². The molecule has 1 saturated heterocycles. The van der Waals surface area contributed by atoms with Crippen LogP contribution in [0.15, 0.2) is 29.4 Å². The first-order valence-electron chi connectivity index (χ1n) is 9.98. The van der Waals surface area contributed by atoms with Gasteiger partial charge in [-0.3, -0.25) is 4.79 Å². The predicted octanol–water partition coefficient (Wildman–Crippen LogP) is 3.00. The van der Waals surface area contributed by atoms with Crippen molar-refractivity contribution in [2.24, 2.45) is 5.92 Å². The number of thioether (sulfide) groups is 1. The van der Waals surface area contributed by atoms with Crippen LogP contribution in [0.3, 0.4) is 0 Å². The molecule has 6 nitrogen and oxygen atoms in total. The van der Waals surface area contributed by atoms with Crippen LogP contribution in [0.2, 0.25) is 0 Å². The SMILES string of the molecule is Nn1c(Cc2ccc(F)cc2)nnc1SCC(=O)N1CCC[C@H]2CCCC[C@@H]21. The zero-order valence-electron chi connectivity index (χ0n) is 15.9. The van der Waals surface area contributed by atoms with Gasteiger partial charge >= 0.3 is 0 Å². The number of likely N-dealkylation sites (tertiary alicyclic amines) is 1. The third-order valence-electron chi connectivity index (χ3n) is 5.90. The number of aromatic nitrogens is 3. The number of nitrogen functional groups attached to an aromatic ring is 1. The molecule has 1 aromatic carbocycles. The molecule has 1 aliphatic carbocycles. The summed E-state index contributed by atoms with van der Waals surface area (Å²) in [6, 6.07) is 6.66. The summed E-state index contributed by atoms with van der Waals surface area (Å²) >= 11 is 1.34. The van der Waals surface area contributed by atoms with E-state index in [1.807, 2.05) is 0 Å². The summed E-state index contributed by atoms with van der Waals surface area (Å²) < 4.78 is 14.5. The third-order valence-corrected chi connectivity index (χ3v) is 6.83. The monoisotopic (exact) mass is 403 g/mol. The zero-order valence-corrected chi connectivity index (χ0v) is 16.7. The molecule has 1 aromatic heterocycles. The average Bonchev–Trinajstić information content (AvgIpc) is 3.07. The van der Waals surface area contributed by atoms with Crippen molar-refractivity contribution in [2.75, 3.05) is 18.1 Å². The van der Waals surface area contributed by atoms with Gasteiger partial charge in [-0.25, -0.2) is 9.07 Å². The van der Waals surface area contributed by atoms with Crippen molar-refractivity contribution in [1.82, 2.24) is 19.8 Å². The van der Waals surface area contributed by atoms with Crippen molar-refractivity contribution < 1.29 is 9.18 Å². The first kappa shape index (κ1) is 19.2. The second-order valence-corrected chi connectivity index (χ2v) is 8.64. The second-order valence-electron chi connectivity index (χ2n) is 7.70. The molecular weight excluding hydrogens is 377 g/mol. The molecule has 2 aromatic rings. The van der Waals surface area contributed by atoms with Crippen LogP contribution in [-0.4, -0.2) is 44.0 Å². The molecule has 0 bridgehead atoms. The van der Waals surface area contributed by atoms with Gasteiger partial charge in [0.25, 0.3) is 0 Å². The number of nitrogens with two attached hydrogens (primary N) is 1. The number of piperidine rings is 1. The van der Waals surface area contributed by atoms with Gasteiger partial charge in [0.05, 0.1) is 5.75 Å². The molecule has 0 unspecified atom stereocenters. The smallest absolute Gasteiger partial charge is 0.233 e. The predicted molar refractivity (Wildman–Crippen MR) is 107 cm³/mol. The summed E-state index contributed by atoms with van der Waals surface area (Å²) in [5.74, 6) is 7.62. The Morgan fingerprint density at radius 3 is 2.71 bits per heavy atom. The Morgan fingerprint density at radius 1 is 1.14 bits per heavy atom. The van der Waals surface area contributed by atoms with Crippen molar-refractivity contribution in [3.8, 4) is 0 Å². The number of amides is 1. The lowest BCUT2D eigenvalue weighted by atomic mass is 9.78. The summed E-state index contributed by atoms with van der Waals surface area (Å²) in [5, 5.41) is 8.80. The van der Waals surface area contributed by atoms with Crippen LogP contribution in [0.1, 0.15) is 49.9 Å². The van der Waals surface area contributed by atoms with Gasteiger partial charge in [0, 0.05) is 19.0 Å². The molecule has 28 heavy (non-hydrogen) atoms. The Morgan fingerprint density at radius 2 is 1.89 bits per heavy atom. The number of benzene rings is 1. The third kappa shape index (κ3) is 4.16. The molecule has 2 atom stereocenters. The summed E-state index contributed by atoms with van der Waals surface area (Å²) in [4.78, 5) is 14.9. The summed E-state index contributed by atoms with van der Waals surface area (Å²) in [6.07, 6.45) is 7.74. The fourth-order valence-electron chi connectivity index (χ4n) is 4.45. The highest BCUT2D eigenvalue weighted by Gasteiger charge is 2.35. The number of hydrogen-bond donors (Lipinski definition) is 1. The zero-order chi connectivity index (χ0) is 19.5. The van der Waals surface area contributed by atoms with Gasteiger partial charge in [0.1, 0.15) is 5.82 Å². The maximum absolute atomic E-state index is 13.0.